The van der Waals surface area contributed by atoms with Crippen LogP contribution in [-0.4, -0.2) is 28.8 Å². The smallest absolute Gasteiger partial charge is 0.289 e. The SMILES string of the molecule is COc1ccc(C(=O)NC(=Cc2ccc([N+](=O)[O-])cc2)C(=O)Nc2ccc(Cl)c([N+](=O)[O-])c2)cc1Br. The maximum atomic E-state index is 13.1. The minimum absolute atomic E-state index is 0.0622. The van der Waals surface area contributed by atoms with Gasteiger partial charge in [0, 0.05) is 29.4 Å². The number of nitro benzene ring substituents is 2. The number of nitrogens with one attached hydrogen (secondary N) is 2. The second-order valence-electron chi connectivity index (χ2n) is 7.09. The van der Waals surface area contributed by atoms with Crippen molar-refractivity contribution in [3.8, 4) is 5.75 Å². The zero-order valence-electron chi connectivity index (χ0n) is 18.4. The number of carbonyl (C=O) groups is 2. The summed E-state index contributed by atoms with van der Waals surface area (Å²) in [5, 5.41) is 27.0. The highest BCUT2D eigenvalue weighted by Gasteiger charge is 2.19. The Kier molecular flexibility index (Phi) is 8.35. The summed E-state index contributed by atoms with van der Waals surface area (Å²) in [6.07, 6.45) is 1.31. The molecule has 0 fully saturated rings. The third-order valence-electron chi connectivity index (χ3n) is 4.72. The average molecular weight is 576 g/mol. The van der Waals surface area contributed by atoms with Crippen molar-refractivity contribution in [3.05, 3.63) is 107 Å². The first-order chi connectivity index (χ1) is 17.1. The van der Waals surface area contributed by atoms with Crippen LogP contribution in [0.4, 0.5) is 17.1 Å². The molecule has 3 aromatic rings. The molecule has 0 saturated carbocycles. The molecule has 0 heterocycles. The number of amides is 2. The molecule has 0 aliphatic carbocycles. The third kappa shape index (κ3) is 6.43. The van der Waals surface area contributed by atoms with Gasteiger partial charge in [0.2, 0.25) is 0 Å². The molecular weight excluding hydrogens is 560 g/mol. The Morgan fingerprint density at radius 1 is 1.00 bits per heavy atom. The Balaban J connectivity index is 1.94. The van der Waals surface area contributed by atoms with E-state index in [0.717, 1.165) is 6.07 Å². The summed E-state index contributed by atoms with van der Waals surface area (Å²) < 4.78 is 5.66. The van der Waals surface area contributed by atoms with Crippen molar-refractivity contribution < 1.29 is 24.2 Å². The van der Waals surface area contributed by atoms with E-state index in [9.17, 15) is 29.8 Å². The van der Waals surface area contributed by atoms with Crippen LogP contribution < -0.4 is 15.4 Å². The molecule has 13 heteroatoms. The second kappa shape index (κ2) is 11.4. The lowest BCUT2D eigenvalue weighted by molar-refractivity contribution is -0.385. The number of halogens is 2. The van der Waals surface area contributed by atoms with Gasteiger partial charge in [0.05, 0.1) is 21.4 Å². The Morgan fingerprint density at radius 3 is 2.28 bits per heavy atom. The zero-order chi connectivity index (χ0) is 26.4. The van der Waals surface area contributed by atoms with Gasteiger partial charge in [0.1, 0.15) is 16.5 Å². The van der Waals surface area contributed by atoms with E-state index in [4.69, 9.17) is 16.3 Å². The molecule has 3 aromatic carbocycles. The quantitative estimate of drug-likeness (QED) is 0.209. The van der Waals surface area contributed by atoms with E-state index in [1.807, 2.05) is 0 Å². The van der Waals surface area contributed by atoms with E-state index in [1.165, 1.54) is 61.7 Å². The number of non-ortho nitro benzene ring substituents is 1. The van der Waals surface area contributed by atoms with Crippen LogP contribution in [0.2, 0.25) is 5.02 Å². The maximum absolute atomic E-state index is 13.1. The Labute approximate surface area is 217 Å². The molecule has 2 amide bonds. The number of carbonyl (C=O) groups excluding carboxylic acids is 2. The lowest BCUT2D eigenvalue weighted by Gasteiger charge is -2.12. The molecule has 11 nitrogen and oxygen atoms in total. The molecule has 3 rings (SSSR count). The van der Waals surface area contributed by atoms with E-state index in [2.05, 4.69) is 26.6 Å². The molecule has 0 aromatic heterocycles. The number of hydrogen-bond donors (Lipinski definition) is 2. The first kappa shape index (κ1) is 26.3. The number of anilines is 1. The fourth-order valence-electron chi connectivity index (χ4n) is 2.95. The van der Waals surface area contributed by atoms with Gasteiger partial charge >= 0.3 is 0 Å². The fraction of sp³-hybridized carbons (Fsp3) is 0.0435. The minimum Gasteiger partial charge on any atom is -0.496 e. The molecule has 0 unspecified atom stereocenters. The molecule has 184 valence electrons. The third-order valence-corrected chi connectivity index (χ3v) is 5.66. The summed E-state index contributed by atoms with van der Waals surface area (Å²) in [5.41, 5.74) is -0.150. The normalized spacial score (nSPS) is 10.9. The first-order valence-electron chi connectivity index (χ1n) is 9.95. The molecule has 0 atom stereocenters. The monoisotopic (exact) mass is 574 g/mol. The van der Waals surface area contributed by atoms with Gasteiger partial charge in [-0.25, -0.2) is 0 Å². The number of hydrogen-bond acceptors (Lipinski definition) is 7. The topological polar surface area (TPSA) is 154 Å². The van der Waals surface area contributed by atoms with Gasteiger partial charge < -0.3 is 15.4 Å². The molecule has 0 aliphatic heterocycles. The standard InChI is InChI=1S/C23H16BrClN4O7/c1-36-21-9-4-14(11-17(21)24)22(30)27-19(10-13-2-6-16(7-3-13)28(32)33)23(31)26-15-5-8-18(25)20(12-15)29(34)35/h2-12H,1H3,(H,26,31)(H,27,30). The van der Waals surface area contributed by atoms with Gasteiger partial charge in [0.25, 0.3) is 23.2 Å². The van der Waals surface area contributed by atoms with E-state index >= 15 is 0 Å². The van der Waals surface area contributed by atoms with Gasteiger partial charge in [-0.2, -0.15) is 0 Å². The molecule has 0 saturated heterocycles. The predicted molar refractivity (Wildman–Crippen MR) is 136 cm³/mol. The average Bonchev–Trinajstić information content (AvgIpc) is 2.84. The highest BCUT2D eigenvalue weighted by molar-refractivity contribution is 9.10. The van der Waals surface area contributed by atoms with Gasteiger partial charge in [-0.05, 0) is 70.0 Å². The Bertz CT molecular complexity index is 1390. The number of nitrogens with zero attached hydrogens (tertiary/aromatic N) is 2. The van der Waals surface area contributed by atoms with Crippen molar-refractivity contribution in [1.82, 2.24) is 5.32 Å². The van der Waals surface area contributed by atoms with Crippen molar-refractivity contribution in [2.24, 2.45) is 0 Å². The van der Waals surface area contributed by atoms with Crippen molar-refractivity contribution in [3.63, 3.8) is 0 Å². The summed E-state index contributed by atoms with van der Waals surface area (Å²) in [6, 6.07) is 13.5. The molecule has 0 aliphatic rings. The zero-order valence-corrected chi connectivity index (χ0v) is 20.7. The number of methoxy groups -OCH3 is 1. The molecule has 0 spiro atoms. The highest BCUT2D eigenvalue weighted by atomic mass is 79.9. The largest absolute Gasteiger partial charge is 0.496 e. The molecule has 0 bridgehead atoms. The molecular formula is C23H16BrClN4O7. The highest BCUT2D eigenvalue weighted by Crippen LogP contribution is 2.28. The van der Waals surface area contributed by atoms with Crippen LogP contribution in [0.3, 0.4) is 0 Å². The van der Waals surface area contributed by atoms with E-state index in [0.29, 0.717) is 15.8 Å². The first-order valence-corrected chi connectivity index (χ1v) is 11.1. The number of ether oxygens (including phenoxy) is 1. The molecule has 0 radical (unpaired) electrons. The van der Waals surface area contributed by atoms with Crippen LogP contribution in [0.1, 0.15) is 15.9 Å². The summed E-state index contributed by atoms with van der Waals surface area (Å²) >= 11 is 9.11. The lowest BCUT2D eigenvalue weighted by Crippen LogP contribution is -2.30. The molecule has 2 N–H and O–H groups in total. The minimum atomic E-state index is -0.800. The fourth-order valence-corrected chi connectivity index (χ4v) is 3.68. The van der Waals surface area contributed by atoms with Crippen molar-refractivity contribution in [1.29, 1.82) is 0 Å². The lowest BCUT2D eigenvalue weighted by atomic mass is 10.1. The van der Waals surface area contributed by atoms with E-state index in [1.54, 1.807) is 6.07 Å². The van der Waals surface area contributed by atoms with Gasteiger partial charge in [0.15, 0.2) is 0 Å². The van der Waals surface area contributed by atoms with Crippen molar-refractivity contribution >= 4 is 62.5 Å². The Hall–Kier alpha value is -4.29. The van der Waals surface area contributed by atoms with Gasteiger partial charge in [-0.3, -0.25) is 29.8 Å². The summed E-state index contributed by atoms with van der Waals surface area (Å²) in [6.45, 7) is 0. The summed E-state index contributed by atoms with van der Waals surface area (Å²) in [5.74, 6) is -0.940. The van der Waals surface area contributed by atoms with Crippen molar-refractivity contribution in [2.45, 2.75) is 0 Å². The molecule has 36 heavy (non-hydrogen) atoms. The number of rotatable bonds is 8. The maximum Gasteiger partial charge on any atom is 0.289 e. The van der Waals surface area contributed by atoms with Crippen LogP contribution in [0.25, 0.3) is 6.08 Å². The predicted octanol–water partition coefficient (Wildman–Crippen LogP) is 5.34. The number of benzene rings is 3. The van der Waals surface area contributed by atoms with Crippen LogP contribution in [0.5, 0.6) is 5.75 Å². The summed E-state index contributed by atoms with van der Waals surface area (Å²) in [4.78, 5) is 46.8. The van der Waals surface area contributed by atoms with Crippen molar-refractivity contribution in [2.75, 3.05) is 12.4 Å². The van der Waals surface area contributed by atoms with Gasteiger partial charge in [-0.1, -0.05) is 11.6 Å². The van der Waals surface area contributed by atoms with Crippen LogP contribution >= 0.6 is 27.5 Å². The summed E-state index contributed by atoms with van der Waals surface area (Å²) in [7, 11) is 1.47. The Morgan fingerprint density at radius 2 is 1.69 bits per heavy atom. The number of nitro groups is 2. The van der Waals surface area contributed by atoms with E-state index in [-0.39, 0.29) is 27.7 Å². The van der Waals surface area contributed by atoms with Crippen LogP contribution in [0, 0.1) is 20.2 Å². The van der Waals surface area contributed by atoms with Crippen LogP contribution in [-0.2, 0) is 4.79 Å². The van der Waals surface area contributed by atoms with Gasteiger partial charge in [-0.15, -0.1) is 0 Å². The van der Waals surface area contributed by atoms with Crippen LogP contribution in [0.15, 0.2) is 70.8 Å². The van der Waals surface area contributed by atoms with E-state index < -0.39 is 27.3 Å². The second-order valence-corrected chi connectivity index (χ2v) is 8.35.